The standard InChI is InChI=1S/C16H25N3O2/c17-10-1-2-12-19(13-3-11-18)16(21)9-6-14-4-7-15(20)8-5-14/h4-9,20H,1-3,10-13,17-18H2/b9-6+/i10+1,12+1. The highest BCUT2D eigenvalue weighted by Crippen LogP contribution is 2.11. The molecule has 0 unspecified atom stereocenters. The number of hydrogen-bond acceptors (Lipinski definition) is 4. The van der Waals surface area contributed by atoms with E-state index in [9.17, 15) is 9.90 Å². The molecule has 0 atom stereocenters. The van der Waals surface area contributed by atoms with E-state index < -0.39 is 0 Å². The normalized spacial score (nSPS) is 11.0. The van der Waals surface area contributed by atoms with Crippen molar-refractivity contribution in [3.8, 4) is 5.75 Å². The van der Waals surface area contributed by atoms with E-state index in [-0.39, 0.29) is 11.7 Å². The summed E-state index contributed by atoms with van der Waals surface area (Å²) >= 11 is 0. The molecule has 116 valence electrons. The van der Waals surface area contributed by atoms with E-state index >= 15 is 0 Å². The van der Waals surface area contributed by atoms with Gasteiger partial charge in [0.2, 0.25) is 5.91 Å². The lowest BCUT2D eigenvalue weighted by atomic mass is 10.2. The summed E-state index contributed by atoms with van der Waals surface area (Å²) in [4.78, 5) is 14.0. The number of rotatable bonds is 9. The number of carbonyl (C=O) groups is 1. The van der Waals surface area contributed by atoms with Crippen molar-refractivity contribution in [2.75, 3.05) is 26.2 Å². The molecular formula is C16H25N3O2. The van der Waals surface area contributed by atoms with Crippen molar-refractivity contribution in [3.63, 3.8) is 0 Å². The Bertz CT molecular complexity index is 443. The first kappa shape index (κ1) is 17.2. The highest BCUT2D eigenvalue weighted by molar-refractivity contribution is 5.91. The number of unbranched alkanes of at least 4 members (excludes halogenated alkanes) is 1. The number of nitrogens with zero attached hydrogens (tertiary/aromatic N) is 1. The molecule has 0 aromatic heterocycles. The Morgan fingerprint density at radius 2 is 1.67 bits per heavy atom. The third-order valence-corrected chi connectivity index (χ3v) is 3.14. The van der Waals surface area contributed by atoms with Gasteiger partial charge in [-0.2, -0.15) is 0 Å². The average molecular weight is 293 g/mol. The lowest BCUT2D eigenvalue weighted by molar-refractivity contribution is -0.126. The van der Waals surface area contributed by atoms with Crippen molar-refractivity contribution in [1.82, 2.24) is 4.90 Å². The topological polar surface area (TPSA) is 92.6 Å². The van der Waals surface area contributed by atoms with Crippen LogP contribution in [0.3, 0.4) is 0 Å². The van der Waals surface area contributed by atoms with Crippen LogP contribution in [-0.4, -0.2) is 42.1 Å². The monoisotopic (exact) mass is 293 g/mol. The van der Waals surface area contributed by atoms with Gasteiger partial charge in [0.25, 0.3) is 0 Å². The smallest absolute Gasteiger partial charge is 0.246 e. The predicted molar refractivity (Wildman–Crippen MR) is 85.7 cm³/mol. The molecule has 0 saturated carbocycles. The number of benzene rings is 1. The minimum atomic E-state index is -0.0199. The summed E-state index contributed by atoms with van der Waals surface area (Å²) in [5.41, 5.74) is 11.9. The summed E-state index contributed by atoms with van der Waals surface area (Å²) in [6.45, 7) is 2.58. The highest BCUT2D eigenvalue weighted by Gasteiger charge is 2.09. The quantitative estimate of drug-likeness (QED) is 0.364. The van der Waals surface area contributed by atoms with Crippen LogP contribution in [0.5, 0.6) is 5.75 Å². The fraction of sp³-hybridized carbons (Fsp3) is 0.438. The lowest BCUT2D eigenvalue weighted by Gasteiger charge is -2.20. The van der Waals surface area contributed by atoms with Gasteiger partial charge in [-0.15, -0.1) is 0 Å². The summed E-state index contributed by atoms with van der Waals surface area (Å²) < 4.78 is 0. The molecule has 0 heterocycles. The summed E-state index contributed by atoms with van der Waals surface area (Å²) in [7, 11) is 0. The Kier molecular flexibility index (Phi) is 8.16. The molecule has 0 bridgehead atoms. The first-order valence-corrected chi connectivity index (χ1v) is 7.33. The predicted octanol–water partition coefficient (Wildman–Crippen LogP) is 1.32. The van der Waals surface area contributed by atoms with Crippen LogP contribution in [0.1, 0.15) is 24.8 Å². The molecule has 0 fully saturated rings. The van der Waals surface area contributed by atoms with E-state index in [2.05, 4.69) is 0 Å². The number of amides is 1. The molecule has 0 saturated heterocycles. The van der Waals surface area contributed by atoms with Crippen molar-refractivity contribution in [3.05, 3.63) is 35.9 Å². The van der Waals surface area contributed by atoms with Crippen molar-refractivity contribution in [2.24, 2.45) is 11.5 Å². The van der Waals surface area contributed by atoms with Crippen LogP contribution in [-0.2, 0) is 4.79 Å². The molecule has 1 amide bonds. The van der Waals surface area contributed by atoms with E-state index in [1.807, 2.05) is 0 Å². The Hall–Kier alpha value is -1.85. The molecule has 5 N–H and O–H groups in total. The molecular weight excluding hydrogens is 268 g/mol. The first-order chi connectivity index (χ1) is 10.2. The summed E-state index contributed by atoms with van der Waals surface area (Å²) in [6, 6.07) is 6.71. The molecule has 0 aliphatic carbocycles. The maximum absolute atomic E-state index is 12.2. The van der Waals surface area contributed by atoms with Crippen molar-refractivity contribution in [2.45, 2.75) is 19.3 Å². The fourth-order valence-corrected chi connectivity index (χ4v) is 1.92. The highest BCUT2D eigenvalue weighted by atomic mass is 16.3. The van der Waals surface area contributed by atoms with Crippen molar-refractivity contribution in [1.29, 1.82) is 0 Å². The van der Waals surface area contributed by atoms with Gasteiger partial charge in [-0.3, -0.25) is 4.79 Å². The Balaban J connectivity index is 2.58. The Labute approximate surface area is 126 Å². The molecule has 0 radical (unpaired) electrons. The van der Waals surface area contributed by atoms with Gasteiger partial charge in [0.05, 0.1) is 0 Å². The second kappa shape index (κ2) is 9.96. The SMILES string of the molecule is NCCCN([13CH2]CC[13CH2]N)C(=O)/C=C/c1ccc(O)cc1. The van der Waals surface area contributed by atoms with E-state index in [0.717, 1.165) is 24.8 Å². The van der Waals surface area contributed by atoms with Crippen LogP contribution in [0.4, 0.5) is 0 Å². The molecule has 0 aliphatic heterocycles. The molecule has 5 nitrogen and oxygen atoms in total. The minimum absolute atomic E-state index is 0.0199. The van der Waals surface area contributed by atoms with Gasteiger partial charge in [-0.05, 0) is 56.1 Å². The zero-order valence-electron chi connectivity index (χ0n) is 12.4. The molecule has 1 aromatic carbocycles. The largest absolute Gasteiger partial charge is 0.508 e. The van der Waals surface area contributed by atoms with Gasteiger partial charge in [-0.1, -0.05) is 12.1 Å². The molecule has 21 heavy (non-hydrogen) atoms. The van der Waals surface area contributed by atoms with Gasteiger partial charge in [-0.25, -0.2) is 0 Å². The van der Waals surface area contributed by atoms with Gasteiger partial charge in [0.1, 0.15) is 5.75 Å². The summed E-state index contributed by atoms with van der Waals surface area (Å²) in [5, 5.41) is 9.22. The van der Waals surface area contributed by atoms with Crippen molar-refractivity contribution < 1.29 is 9.90 Å². The third-order valence-electron chi connectivity index (χ3n) is 3.14. The molecule has 5 heteroatoms. The van der Waals surface area contributed by atoms with Crippen molar-refractivity contribution >= 4 is 12.0 Å². The molecule has 1 rings (SSSR count). The number of carbonyl (C=O) groups excluding carboxylic acids is 1. The van der Waals surface area contributed by atoms with Gasteiger partial charge < -0.3 is 21.5 Å². The first-order valence-electron chi connectivity index (χ1n) is 7.33. The van der Waals surface area contributed by atoms with Gasteiger partial charge >= 0.3 is 0 Å². The number of aromatic hydroxyl groups is 1. The number of phenolic OH excluding ortho intramolecular Hbond substituents is 1. The van der Waals surface area contributed by atoms with E-state index in [1.165, 1.54) is 0 Å². The molecule has 0 aliphatic rings. The van der Waals surface area contributed by atoms with Crippen LogP contribution in [0.15, 0.2) is 30.3 Å². The van der Waals surface area contributed by atoms with E-state index in [0.29, 0.717) is 26.2 Å². The van der Waals surface area contributed by atoms with Crippen LogP contribution < -0.4 is 11.5 Å². The maximum Gasteiger partial charge on any atom is 0.246 e. The number of nitrogens with two attached hydrogens (primary N) is 2. The van der Waals surface area contributed by atoms with Gasteiger partial charge in [0, 0.05) is 19.2 Å². The van der Waals surface area contributed by atoms with Crippen LogP contribution in [0, 0.1) is 0 Å². The molecule has 1 aromatic rings. The summed E-state index contributed by atoms with van der Waals surface area (Å²) in [5.74, 6) is 0.193. The maximum atomic E-state index is 12.2. The Morgan fingerprint density at radius 3 is 2.29 bits per heavy atom. The van der Waals surface area contributed by atoms with E-state index in [4.69, 9.17) is 11.5 Å². The van der Waals surface area contributed by atoms with Crippen LogP contribution >= 0.6 is 0 Å². The van der Waals surface area contributed by atoms with Crippen LogP contribution in [0.2, 0.25) is 0 Å². The Morgan fingerprint density at radius 1 is 1.05 bits per heavy atom. The second-order valence-electron chi connectivity index (χ2n) is 4.89. The minimum Gasteiger partial charge on any atom is -0.508 e. The average Bonchev–Trinajstić information content (AvgIpc) is 2.50. The zero-order chi connectivity index (χ0) is 15.5. The molecule has 0 spiro atoms. The van der Waals surface area contributed by atoms with Crippen LogP contribution in [0.25, 0.3) is 6.08 Å². The van der Waals surface area contributed by atoms with Gasteiger partial charge in [0.15, 0.2) is 0 Å². The fourth-order valence-electron chi connectivity index (χ4n) is 1.92. The summed E-state index contributed by atoms with van der Waals surface area (Å²) in [6.07, 6.45) is 5.92. The van der Waals surface area contributed by atoms with E-state index in [1.54, 1.807) is 41.3 Å². The number of phenols is 1. The number of hydrogen-bond donors (Lipinski definition) is 3. The third kappa shape index (κ3) is 6.92. The lowest BCUT2D eigenvalue weighted by Crippen LogP contribution is -2.32. The second-order valence-corrected chi connectivity index (χ2v) is 4.89. The zero-order valence-corrected chi connectivity index (χ0v) is 12.4.